The average Bonchev–Trinajstić information content (AvgIpc) is 3.12. The summed E-state index contributed by atoms with van der Waals surface area (Å²) in [5, 5.41) is 9.42. The van der Waals surface area contributed by atoms with Crippen molar-refractivity contribution in [3.8, 4) is 23.0 Å². The molecule has 0 saturated heterocycles. The van der Waals surface area contributed by atoms with E-state index in [1.165, 1.54) is 0 Å². The highest BCUT2D eigenvalue weighted by atomic mass is 32.2. The van der Waals surface area contributed by atoms with Crippen LogP contribution in [0.1, 0.15) is 18.9 Å². The van der Waals surface area contributed by atoms with Crippen LogP contribution in [0.2, 0.25) is 0 Å². The minimum Gasteiger partial charge on any atom is -0.494 e. The van der Waals surface area contributed by atoms with E-state index in [4.69, 9.17) is 18.9 Å². The minimum atomic E-state index is -0.281. The van der Waals surface area contributed by atoms with Crippen molar-refractivity contribution in [1.29, 1.82) is 0 Å². The number of benzene rings is 2. The molecule has 0 aliphatic carbocycles. The number of rotatable bonds is 8. The third-order valence-corrected chi connectivity index (χ3v) is 5.37. The predicted molar refractivity (Wildman–Crippen MR) is 110 cm³/mol. The first kappa shape index (κ1) is 19.4. The zero-order valence-corrected chi connectivity index (χ0v) is 17.2. The van der Waals surface area contributed by atoms with Crippen LogP contribution in [0.4, 0.5) is 0 Å². The zero-order chi connectivity index (χ0) is 20.1. The van der Waals surface area contributed by atoms with E-state index in [-0.39, 0.29) is 6.10 Å². The van der Waals surface area contributed by atoms with Crippen molar-refractivity contribution in [2.45, 2.75) is 18.2 Å². The van der Waals surface area contributed by atoms with Crippen LogP contribution in [0.3, 0.4) is 0 Å². The van der Waals surface area contributed by atoms with Crippen LogP contribution in [-0.2, 0) is 7.05 Å². The molecule has 1 aromatic heterocycles. The van der Waals surface area contributed by atoms with Crippen molar-refractivity contribution < 1.29 is 18.9 Å². The maximum atomic E-state index is 6.03. The van der Waals surface area contributed by atoms with E-state index in [9.17, 15) is 0 Å². The standard InChI is InChI=1S/C21H23N3O4S/c1-3-25-15-8-10-16(11-9-15)26-12-13-29-21-23-22-20(24(21)2)19-14-27-17-6-4-5-7-18(17)28-19/h4-11,19H,3,12-14H2,1-2H3/t19-/m0/s1. The highest BCUT2D eigenvalue weighted by Crippen LogP contribution is 2.35. The molecular formula is C21H23N3O4S. The van der Waals surface area contributed by atoms with Gasteiger partial charge in [0.25, 0.3) is 0 Å². The van der Waals surface area contributed by atoms with E-state index in [2.05, 4.69) is 10.2 Å². The summed E-state index contributed by atoms with van der Waals surface area (Å²) >= 11 is 1.59. The summed E-state index contributed by atoms with van der Waals surface area (Å²) in [7, 11) is 1.94. The van der Waals surface area contributed by atoms with Crippen LogP contribution >= 0.6 is 11.8 Å². The highest BCUT2D eigenvalue weighted by molar-refractivity contribution is 7.99. The molecule has 4 rings (SSSR count). The molecule has 0 spiro atoms. The van der Waals surface area contributed by atoms with Crippen molar-refractivity contribution in [2.24, 2.45) is 7.05 Å². The summed E-state index contributed by atoms with van der Waals surface area (Å²) in [6, 6.07) is 15.3. The van der Waals surface area contributed by atoms with Crippen molar-refractivity contribution in [1.82, 2.24) is 14.8 Å². The Morgan fingerprint density at radius 3 is 2.52 bits per heavy atom. The normalized spacial score (nSPS) is 15.2. The molecule has 2 heterocycles. The second kappa shape index (κ2) is 9.09. The summed E-state index contributed by atoms with van der Waals surface area (Å²) in [6.07, 6.45) is -0.281. The summed E-state index contributed by atoms with van der Waals surface area (Å²) in [5.74, 6) is 4.65. The molecule has 0 saturated carbocycles. The van der Waals surface area contributed by atoms with Gasteiger partial charge >= 0.3 is 0 Å². The number of hydrogen-bond acceptors (Lipinski definition) is 7. The summed E-state index contributed by atoms with van der Waals surface area (Å²) < 4.78 is 25.0. The van der Waals surface area contributed by atoms with Gasteiger partial charge in [0.2, 0.25) is 0 Å². The van der Waals surface area contributed by atoms with Crippen molar-refractivity contribution in [2.75, 3.05) is 25.6 Å². The molecule has 0 amide bonds. The molecule has 0 N–H and O–H groups in total. The van der Waals surface area contributed by atoms with Crippen LogP contribution in [0.5, 0.6) is 23.0 Å². The Morgan fingerprint density at radius 1 is 1.03 bits per heavy atom. The van der Waals surface area contributed by atoms with Crippen LogP contribution in [-0.4, -0.2) is 40.3 Å². The maximum Gasteiger partial charge on any atom is 0.192 e. The average molecular weight is 413 g/mol. The second-order valence-electron chi connectivity index (χ2n) is 6.37. The molecule has 2 aromatic carbocycles. The van der Waals surface area contributed by atoms with Crippen molar-refractivity contribution in [3.05, 3.63) is 54.4 Å². The van der Waals surface area contributed by atoms with E-state index >= 15 is 0 Å². The monoisotopic (exact) mass is 413 g/mol. The lowest BCUT2D eigenvalue weighted by molar-refractivity contribution is 0.0825. The molecule has 0 bridgehead atoms. The van der Waals surface area contributed by atoms with E-state index in [1.807, 2.05) is 67.1 Å². The maximum absolute atomic E-state index is 6.03. The van der Waals surface area contributed by atoms with Crippen LogP contribution in [0.15, 0.2) is 53.7 Å². The molecule has 0 radical (unpaired) electrons. The SMILES string of the molecule is CCOc1ccc(OCCSc2nnc([C@@H]3COc4ccccc4O3)n2C)cc1. The van der Waals surface area contributed by atoms with Gasteiger partial charge in [0.1, 0.15) is 18.1 Å². The molecule has 29 heavy (non-hydrogen) atoms. The molecule has 8 heteroatoms. The summed E-state index contributed by atoms with van der Waals surface area (Å²) in [6.45, 7) is 3.60. The first-order valence-electron chi connectivity index (χ1n) is 9.51. The molecule has 152 valence electrons. The predicted octanol–water partition coefficient (Wildman–Crippen LogP) is 3.90. The van der Waals surface area contributed by atoms with Gasteiger partial charge in [0, 0.05) is 12.8 Å². The quantitative estimate of drug-likeness (QED) is 0.410. The van der Waals surface area contributed by atoms with Crippen molar-refractivity contribution in [3.63, 3.8) is 0 Å². The molecule has 1 aliphatic rings. The summed E-state index contributed by atoms with van der Waals surface area (Å²) in [5.41, 5.74) is 0. The Hall–Kier alpha value is -2.87. The Labute approximate surface area is 173 Å². The van der Waals surface area contributed by atoms with Gasteiger partial charge < -0.3 is 23.5 Å². The lowest BCUT2D eigenvalue weighted by Gasteiger charge is -2.25. The van der Waals surface area contributed by atoms with E-state index in [0.717, 1.165) is 39.7 Å². The van der Waals surface area contributed by atoms with Gasteiger partial charge in [0.05, 0.1) is 13.2 Å². The molecule has 3 aromatic rings. The van der Waals surface area contributed by atoms with E-state index in [1.54, 1.807) is 11.8 Å². The minimum absolute atomic E-state index is 0.281. The lowest BCUT2D eigenvalue weighted by atomic mass is 10.2. The van der Waals surface area contributed by atoms with Crippen LogP contribution in [0, 0.1) is 0 Å². The first-order valence-corrected chi connectivity index (χ1v) is 10.5. The molecule has 0 unspecified atom stereocenters. The Bertz CT molecular complexity index is 945. The number of thioether (sulfide) groups is 1. The van der Waals surface area contributed by atoms with E-state index < -0.39 is 0 Å². The highest BCUT2D eigenvalue weighted by Gasteiger charge is 2.27. The smallest absolute Gasteiger partial charge is 0.192 e. The fourth-order valence-corrected chi connectivity index (χ4v) is 3.71. The number of ether oxygens (including phenoxy) is 4. The number of nitrogens with zero attached hydrogens (tertiary/aromatic N) is 3. The topological polar surface area (TPSA) is 67.6 Å². The second-order valence-corrected chi connectivity index (χ2v) is 7.43. The van der Waals surface area contributed by atoms with Gasteiger partial charge in [-0.25, -0.2) is 0 Å². The Morgan fingerprint density at radius 2 is 1.76 bits per heavy atom. The Kier molecular flexibility index (Phi) is 6.09. The molecule has 1 atom stereocenters. The molecule has 7 nitrogen and oxygen atoms in total. The van der Waals surface area contributed by atoms with Crippen molar-refractivity contribution >= 4 is 11.8 Å². The van der Waals surface area contributed by atoms with Crippen LogP contribution in [0.25, 0.3) is 0 Å². The third-order valence-electron chi connectivity index (χ3n) is 4.38. The van der Waals surface area contributed by atoms with Gasteiger partial charge in [-0.15, -0.1) is 10.2 Å². The van der Waals surface area contributed by atoms with Gasteiger partial charge in [-0.05, 0) is 43.3 Å². The molecule has 0 fully saturated rings. The summed E-state index contributed by atoms with van der Waals surface area (Å²) in [4.78, 5) is 0. The van der Waals surface area contributed by atoms with Gasteiger partial charge in [-0.3, -0.25) is 0 Å². The van der Waals surface area contributed by atoms with Gasteiger partial charge in [0.15, 0.2) is 28.6 Å². The largest absolute Gasteiger partial charge is 0.494 e. The number of para-hydroxylation sites is 2. The first-order chi connectivity index (χ1) is 14.2. The third kappa shape index (κ3) is 4.59. The van der Waals surface area contributed by atoms with Gasteiger partial charge in [-0.1, -0.05) is 23.9 Å². The van der Waals surface area contributed by atoms with Crippen LogP contribution < -0.4 is 18.9 Å². The fourth-order valence-electron chi connectivity index (χ4n) is 2.97. The van der Waals surface area contributed by atoms with E-state index in [0.29, 0.717) is 19.8 Å². The zero-order valence-electron chi connectivity index (χ0n) is 16.4. The molecular weight excluding hydrogens is 390 g/mol. The number of fused-ring (bicyclic) bond motifs is 1. The fraction of sp³-hybridized carbons (Fsp3) is 0.333. The number of hydrogen-bond donors (Lipinski definition) is 0. The molecule has 1 aliphatic heterocycles. The number of aromatic nitrogens is 3. The van der Waals surface area contributed by atoms with Gasteiger partial charge in [-0.2, -0.15) is 0 Å². The Balaban J connectivity index is 1.29. The lowest BCUT2D eigenvalue weighted by Crippen LogP contribution is -2.24.